The lowest BCUT2D eigenvalue weighted by Crippen LogP contribution is -2.32. The number of aromatic nitrogens is 1. The summed E-state index contributed by atoms with van der Waals surface area (Å²) in [4.78, 5) is 28.0. The Morgan fingerprint density at radius 3 is 2.47 bits per heavy atom. The van der Waals surface area contributed by atoms with E-state index in [9.17, 15) is 9.59 Å². The first-order valence-electron chi connectivity index (χ1n) is 4.65. The van der Waals surface area contributed by atoms with Crippen LogP contribution >= 0.6 is 0 Å². The summed E-state index contributed by atoms with van der Waals surface area (Å²) in [7, 11) is 0. The van der Waals surface area contributed by atoms with E-state index in [4.69, 9.17) is 0 Å². The molecule has 76 valence electrons. The molecule has 0 spiro atoms. The van der Waals surface area contributed by atoms with Gasteiger partial charge in [0.1, 0.15) is 0 Å². The SMILES string of the molecule is C[C@@H](c1cccnc1)N1C(=O)C=CC1=O. The summed E-state index contributed by atoms with van der Waals surface area (Å²) in [6.07, 6.45) is 5.88. The number of imide groups is 1. The van der Waals surface area contributed by atoms with Gasteiger partial charge in [-0.25, -0.2) is 0 Å². The van der Waals surface area contributed by atoms with Crippen molar-refractivity contribution < 1.29 is 9.59 Å². The molecule has 4 heteroatoms. The largest absolute Gasteiger partial charge is 0.269 e. The average molecular weight is 202 g/mol. The molecule has 0 aromatic carbocycles. The monoisotopic (exact) mass is 202 g/mol. The van der Waals surface area contributed by atoms with Crippen LogP contribution in [0.25, 0.3) is 0 Å². The maximum absolute atomic E-state index is 11.4. The highest BCUT2D eigenvalue weighted by Gasteiger charge is 2.29. The molecule has 2 heterocycles. The number of carbonyl (C=O) groups excluding carboxylic acids is 2. The van der Waals surface area contributed by atoms with Crippen LogP contribution < -0.4 is 0 Å². The van der Waals surface area contributed by atoms with Gasteiger partial charge in [-0.3, -0.25) is 19.5 Å². The molecule has 0 N–H and O–H groups in total. The predicted octanol–water partition coefficient (Wildman–Crippen LogP) is 1.07. The van der Waals surface area contributed by atoms with Crippen LogP contribution in [-0.4, -0.2) is 21.7 Å². The van der Waals surface area contributed by atoms with Crippen molar-refractivity contribution in [2.45, 2.75) is 13.0 Å². The second-order valence-corrected chi connectivity index (χ2v) is 3.34. The summed E-state index contributed by atoms with van der Waals surface area (Å²) in [6, 6.07) is 3.36. The standard InChI is InChI=1S/C11H10N2O2/c1-8(9-3-2-6-12-7-9)13-10(14)4-5-11(13)15/h2-8H,1H3/t8-/m0/s1. The number of pyridine rings is 1. The fourth-order valence-corrected chi connectivity index (χ4v) is 1.57. The average Bonchev–Trinajstić information content (AvgIpc) is 2.59. The third-order valence-electron chi connectivity index (χ3n) is 2.40. The molecular formula is C11H10N2O2. The Kier molecular flexibility index (Phi) is 2.33. The van der Waals surface area contributed by atoms with E-state index in [2.05, 4.69) is 4.98 Å². The molecule has 0 aliphatic carbocycles. The molecule has 0 saturated carbocycles. The highest BCUT2D eigenvalue weighted by molar-refractivity contribution is 6.13. The number of carbonyl (C=O) groups is 2. The van der Waals surface area contributed by atoms with Crippen molar-refractivity contribution in [2.75, 3.05) is 0 Å². The topological polar surface area (TPSA) is 50.3 Å². The van der Waals surface area contributed by atoms with Crippen LogP contribution in [0, 0.1) is 0 Å². The van der Waals surface area contributed by atoms with E-state index in [1.165, 1.54) is 17.1 Å². The maximum Gasteiger partial charge on any atom is 0.254 e. The first-order chi connectivity index (χ1) is 7.20. The fraction of sp³-hybridized carbons (Fsp3) is 0.182. The second-order valence-electron chi connectivity index (χ2n) is 3.34. The summed E-state index contributed by atoms with van der Waals surface area (Å²) in [5.41, 5.74) is 0.850. The number of rotatable bonds is 2. The van der Waals surface area contributed by atoms with Gasteiger partial charge in [-0.15, -0.1) is 0 Å². The van der Waals surface area contributed by atoms with Gasteiger partial charge in [-0.05, 0) is 18.6 Å². The summed E-state index contributed by atoms with van der Waals surface area (Å²) < 4.78 is 0. The second kappa shape index (κ2) is 3.65. The van der Waals surface area contributed by atoms with Crippen LogP contribution in [0.2, 0.25) is 0 Å². The van der Waals surface area contributed by atoms with Gasteiger partial charge >= 0.3 is 0 Å². The van der Waals surface area contributed by atoms with Gasteiger partial charge in [0.2, 0.25) is 0 Å². The lowest BCUT2D eigenvalue weighted by atomic mass is 10.1. The Balaban J connectivity index is 2.26. The van der Waals surface area contributed by atoms with E-state index in [1.54, 1.807) is 25.4 Å². The zero-order chi connectivity index (χ0) is 10.8. The van der Waals surface area contributed by atoms with E-state index in [1.807, 2.05) is 6.07 Å². The third-order valence-corrected chi connectivity index (χ3v) is 2.40. The van der Waals surface area contributed by atoms with Crippen LogP contribution in [0.5, 0.6) is 0 Å². The fourth-order valence-electron chi connectivity index (χ4n) is 1.57. The van der Waals surface area contributed by atoms with Gasteiger partial charge in [-0.1, -0.05) is 6.07 Å². The zero-order valence-electron chi connectivity index (χ0n) is 8.25. The molecule has 1 aliphatic rings. The van der Waals surface area contributed by atoms with Crippen molar-refractivity contribution >= 4 is 11.8 Å². The summed E-state index contributed by atoms with van der Waals surface area (Å²) in [5.74, 6) is -0.535. The van der Waals surface area contributed by atoms with Gasteiger partial charge in [0.05, 0.1) is 6.04 Å². The Morgan fingerprint density at radius 1 is 1.27 bits per heavy atom. The van der Waals surface area contributed by atoms with Gasteiger partial charge in [0, 0.05) is 24.5 Å². The molecule has 4 nitrogen and oxygen atoms in total. The van der Waals surface area contributed by atoms with Crippen LogP contribution in [0.15, 0.2) is 36.7 Å². The molecule has 0 radical (unpaired) electrons. The molecule has 2 amide bonds. The smallest absolute Gasteiger partial charge is 0.254 e. The van der Waals surface area contributed by atoms with E-state index >= 15 is 0 Å². The molecule has 1 aromatic rings. The Morgan fingerprint density at radius 2 is 1.93 bits per heavy atom. The molecule has 2 rings (SSSR count). The molecule has 15 heavy (non-hydrogen) atoms. The number of hydrogen-bond acceptors (Lipinski definition) is 3. The first kappa shape index (κ1) is 9.58. The van der Waals surface area contributed by atoms with Gasteiger partial charge < -0.3 is 0 Å². The molecule has 1 atom stereocenters. The van der Waals surface area contributed by atoms with Crippen LogP contribution in [0.4, 0.5) is 0 Å². The minimum absolute atomic E-state index is 0.267. The van der Waals surface area contributed by atoms with Crippen molar-refractivity contribution in [3.05, 3.63) is 42.2 Å². The molecule has 1 aromatic heterocycles. The zero-order valence-corrected chi connectivity index (χ0v) is 8.25. The van der Waals surface area contributed by atoms with Gasteiger partial charge in [-0.2, -0.15) is 0 Å². The van der Waals surface area contributed by atoms with Crippen molar-refractivity contribution in [3.63, 3.8) is 0 Å². The number of amides is 2. The Hall–Kier alpha value is -1.97. The van der Waals surface area contributed by atoms with Crippen molar-refractivity contribution in [3.8, 4) is 0 Å². The molecule has 1 aliphatic heterocycles. The lowest BCUT2D eigenvalue weighted by molar-refractivity contribution is -0.139. The Bertz CT molecular complexity index is 407. The van der Waals surface area contributed by atoms with Crippen molar-refractivity contribution in [2.24, 2.45) is 0 Å². The summed E-state index contributed by atoms with van der Waals surface area (Å²) in [6.45, 7) is 1.81. The minimum Gasteiger partial charge on any atom is -0.269 e. The molecule has 0 bridgehead atoms. The first-order valence-corrected chi connectivity index (χ1v) is 4.65. The highest BCUT2D eigenvalue weighted by Crippen LogP contribution is 2.22. The van der Waals surface area contributed by atoms with Gasteiger partial charge in [0.15, 0.2) is 0 Å². The van der Waals surface area contributed by atoms with Crippen molar-refractivity contribution in [1.29, 1.82) is 0 Å². The van der Waals surface area contributed by atoms with E-state index in [0.717, 1.165) is 5.56 Å². The molecular weight excluding hydrogens is 192 g/mol. The van der Waals surface area contributed by atoms with E-state index in [-0.39, 0.29) is 17.9 Å². The van der Waals surface area contributed by atoms with Crippen LogP contribution in [0.3, 0.4) is 0 Å². The molecule has 0 fully saturated rings. The summed E-state index contributed by atoms with van der Waals surface area (Å²) >= 11 is 0. The quantitative estimate of drug-likeness (QED) is 0.674. The third kappa shape index (κ3) is 1.66. The van der Waals surface area contributed by atoms with E-state index < -0.39 is 0 Å². The maximum atomic E-state index is 11.4. The van der Waals surface area contributed by atoms with Crippen LogP contribution in [-0.2, 0) is 9.59 Å². The Labute approximate surface area is 87.2 Å². The molecule has 0 unspecified atom stereocenters. The van der Waals surface area contributed by atoms with E-state index in [0.29, 0.717) is 0 Å². The normalized spacial score (nSPS) is 17.3. The minimum atomic E-state index is -0.270. The van der Waals surface area contributed by atoms with Crippen molar-refractivity contribution in [1.82, 2.24) is 9.88 Å². The predicted molar refractivity (Wildman–Crippen MR) is 53.6 cm³/mol. The highest BCUT2D eigenvalue weighted by atomic mass is 16.2. The van der Waals surface area contributed by atoms with Gasteiger partial charge in [0.25, 0.3) is 11.8 Å². The number of hydrogen-bond donors (Lipinski definition) is 0. The van der Waals surface area contributed by atoms with Crippen LogP contribution in [0.1, 0.15) is 18.5 Å². The number of nitrogens with zero attached hydrogens (tertiary/aromatic N) is 2. The summed E-state index contributed by atoms with van der Waals surface area (Å²) in [5, 5.41) is 0. The lowest BCUT2D eigenvalue weighted by Gasteiger charge is -2.22. The molecule has 0 saturated heterocycles.